The van der Waals surface area contributed by atoms with Gasteiger partial charge in [-0.05, 0) is 123 Å². The van der Waals surface area contributed by atoms with Gasteiger partial charge in [0, 0.05) is 19.1 Å². The second kappa shape index (κ2) is 10.4. The average molecular weight is 542 g/mol. The predicted octanol–water partition coefficient (Wildman–Crippen LogP) is 7.92. The van der Waals surface area contributed by atoms with Crippen molar-refractivity contribution in [3.8, 4) is 5.75 Å². The molecule has 0 spiro atoms. The topological polar surface area (TPSA) is 55.7 Å². The van der Waals surface area contributed by atoms with Crippen LogP contribution < -0.4 is 4.74 Å². The van der Waals surface area contributed by atoms with Crippen LogP contribution in [0.15, 0.2) is 53.1 Å². The number of rotatable bonds is 6. The lowest BCUT2D eigenvalue weighted by Crippen LogP contribution is -2.56. The largest absolute Gasteiger partial charge is 0.494 e. The molecule has 0 N–H and O–H groups in total. The lowest BCUT2D eigenvalue weighted by molar-refractivity contribution is -0.140. The van der Waals surface area contributed by atoms with Gasteiger partial charge in [0.1, 0.15) is 17.8 Å². The first-order valence-electron chi connectivity index (χ1n) is 15.9. The Balaban J connectivity index is 1.38. The third kappa shape index (κ3) is 4.27. The summed E-state index contributed by atoms with van der Waals surface area (Å²) in [5.74, 6) is 3.91. The molecule has 40 heavy (non-hydrogen) atoms. The van der Waals surface area contributed by atoms with Crippen LogP contribution in [-0.2, 0) is 9.59 Å². The Morgan fingerprint density at radius 2 is 1.80 bits per heavy atom. The number of ketones is 1. The molecule has 0 saturated heterocycles. The van der Waals surface area contributed by atoms with Gasteiger partial charge in [-0.15, -0.1) is 0 Å². The number of benzene rings is 1. The third-order valence-corrected chi connectivity index (χ3v) is 12.4. The molecule has 214 valence electrons. The summed E-state index contributed by atoms with van der Waals surface area (Å²) in [4.78, 5) is 30.8. The van der Waals surface area contributed by atoms with E-state index in [1.807, 2.05) is 31.3 Å². The van der Waals surface area contributed by atoms with E-state index >= 15 is 0 Å². The smallest absolute Gasteiger partial charge is 0.133 e. The minimum atomic E-state index is -0.614. The molecule has 1 aliphatic heterocycles. The van der Waals surface area contributed by atoms with E-state index in [9.17, 15) is 9.59 Å². The number of fused-ring (bicyclic) bond motifs is 5. The molecule has 9 atom stereocenters. The number of nitrogens with zero attached hydrogens (tertiary/aromatic N) is 1. The molecule has 0 amide bonds. The molecule has 1 heterocycles. The van der Waals surface area contributed by atoms with Crippen molar-refractivity contribution in [2.24, 2.45) is 45.4 Å². The maximum atomic E-state index is 13.1. The molecule has 4 heteroatoms. The molecule has 5 aliphatic rings. The van der Waals surface area contributed by atoms with Crippen LogP contribution in [0.5, 0.6) is 5.75 Å². The normalized spacial score (nSPS) is 41.2. The summed E-state index contributed by atoms with van der Waals surface area (Å²) >= 11 is 0. The first-order valence-corrected chi connectivity index (χ1v) is 15.9. The third-order valence-electron chi connectivity index (χ3n) is 12.4. The van der Waals surface area contributed by atoms with Crippen LogP contribution in [0.4, 0.5) is 0 Å². The Labute approximate surface area is 240 Å². The highest BCUT2D eigenvalue weighted by atomic mass is 16.5. The van der Waals surface area contributed by atoms with Gasteiger partial charge in [-0.25, -0.2) is 0 Å². The van der Waals surface area contributed by atoms with Gasteiger partial charge in [-0.3, -0.25) is 9.79 Å². The molecule has 0 radical (unpaired) electrons. The number of aliphatic imine (C=N–C) groups is 1. The van der Waals surface area contributed by atoms with Crippen LogP contribution in [0.1, 0.15) is 97.0 Å². The minimum absolute atomic E-state index is 0.125. The molecule has 0 aromatic heterocycles. The number of carbonyl (C=O) groups excluding carboxylic acids is 2. The highest BCUT2D eigenvalue weighted by Crippen LogP contribution is 2.69. The number of hydrogen-bond acceptors (Lipinski definition) is 4. The van der Waals surface area contributed by atoms with Crippen molar-refractivity contribution in [3.05, 3.63) is 53.6 Å². The summed E-state index contributed by atoms with van der Waals surface area (Å²) in [5, 5.41) is 0. The minimum Gasteiger partial charge on any atom is -0.494 e. The van der Waals surface area contributed by atoms with Crippen molar-refractivity contribution in [1.82, 2.24) is 0 Å². The highest BCUT2D eigenvalue weighted by Gasteiger charge is 2.64. The van der Waals surface area contributed by atoms with E-state index in [0.29, 0.717) is 35.6 Å². The summed E-state index contributed by atoms with van der Waals surface area (Å²) in [6.45, 7) is 9.84. The lowest BCUT2D eigenvalue weighted by atomic mass is 9.44. The van der Waals surface area contributed by atoms with E-state index in [4.69, 9.17) is 9.73 Å². The molecule has 1 aromatic rings. The maximum absolute atomic E-state index is 13.1. The van der Waals surface area contributed by atoms with Gasteiger partial charge in [0.25, 0.3) is 0 Å². The van der Waals surface area contributed by atoms with Gasteiger partial charge >= 0.3 is 0 Å². The average Bonchev–Trinajstić information content (AvgIpc) is 3.19. The van der Waals surface area contributed by atoms with Gasteiger partial charge in [0.05, 0.1) is 18.1 Å². The second-order valence-corrected chi connectivity index (χ2v) is 14.1. The highest BCUT2D eigenvalue weighted by molar-refractivity contribution is 5.79. The van der Waals surface area contributed by atoms with Crippen molar-refractivity contribution in [2.75, 3.05) is 6.61 Å². The van der Waals surface area contributed by atoms with Crippen LogP contribution >= 0.6 is 0 Å². The Morgan fingerprint density at radius 1 is 1.02 bits per heavy atom. The monoisotopic (exact) mass is 541 g/mol. The zero-order valence-corrected chi connectivity index (χ0v) is 24.9. The first-order chi connectivity index (χ1) is 19.2. The van der Waals surface area contributed by atoms with Gasteiger partial charge in [-0.1, -0.05) is 43.7 Å². The zero-order chi connectivity index (χ0) is 28.1. The van der Waals surface area contributed by atoms with Gasteiger partial charge < -0.3 is 9.53 Å². The van der Waals surface area contributed by atoms with Crippen LogP contribution in [-0.4, -0.2) is 30.4 Å². The quantitative estimate of drug-likeness (QED) is 0.344. The van der Waals surface area contributed by atoms with E-state index in [2.05, 4.69) is 45.1 Å². The lowest BCUT2D eigenvalue weighted by Gasteiger charge is -2.61. The summed E-state index contributed by atoms with van der Waals surface area (Å²) in [7, 11) is 0. The molecule has 0 bridgehead atoms. The number of allylic oxidation sites excluding steroid dienone is 3. The van der Waals surface area contributed by atoms with Crippen molar-refractivity contribution in [1.29, 1.82) is 0 Å². The molecule has 4 unspecified atom stereocenters. The number of aldehydes is 1. The van der Waals surface area contributed by atoms with E-state index < -0.39 is 5.54 Å². The fourth-order valence-corrected chi connectivity index (χ4v) is 10.6. The standard InChI is InChI=1S/C36H47NO3/c1-5-40-28-11-8-25(9-12-28)32(23-38)36(22-24(2)7-6-20-37-36)33-15-14-30-29-13-10-26-21-27(39)16-18-34(26,3)31(29)17-19-35(30,33)4/h6-9,11-12,20,22-23,26,29-33H,5,10,13-19,21H2,1-4H3/t26?,29-,30-,31-,32?,33?,34-,35-,36?/m0/s1. The van der Waals surface area contributed by atoms with Crippen LogP contribution in [0.2, 0.25) is 0 Å². The van der Waals surface area contributed by atoms with Gasteiger partial charge in [0.15, 0.2) is 0 Å². The summed E-state index contributed by atoms with van der Waals surface area (Å²) in [6.07, 6.45) is 19.5. The fourth-order valence-electron chi connectivity index (χ4n) is 10.6. The SMILES string of the molecule is CCOc1ccc(C(C=O)C2(C3CC[C@H]4[C@@H]5CCC6CC(=O)CC[C@]6(C)[C@H]5CC[C@]34C)C=C(C)C=CC=N2)cc1. The maximum Gasteiger partial charge on any atom is 0.133 e. The van der Waals surface area contributed by atoms with Gasteiger partial charge in [0.2, 0.25) is 0 Å². The summed E-state index contributed by atoms with van der Waals surface area (Å²) in [5.41, 5.74) is 2.01. The van der Waals surface area contributed by atoms with E-state index in [1.165, 1.54) is 37.7 Å². The van der Waals surface area contributed by atoms with Crippen LogP contribution in [0.3, 0.4) is 0 Å². The Hall–Kier alpha value is -2.49. The van der Waals surface area contributed by atoms with Crippen molar-refractivity contribution >= 4 is 18.3 Å². The van der Waals surface area contributed by atoms with E-state index in [0.717, 1.165) is 49.2 Å². The van der Waals surface area contributed by atoms with E-state index in [1.54, 1.807) is 0 Å². The molecule has 6 rings (SSSR count). The Bertz CT molecular complexity index is 1230. The Morgan fingerprint density at radius 3 is 2.55 bits per heavy atom. The summed E-state index contributed by atoms with van der Waals surface area (Å²) < 4.78 is 5.71. The molecular weight excluding hydrogens is 494 g/mol. The van der Waals surface area contributed by atoms with Crippen LogP contribution in [0.25, 0.3) is 0 Å². The molecule has 4 aliphatic carbocycles. The second-order valence-electron chi connectivity index (χ2n) is 14.1. The first kappa shape index (κ1) is 27.7. The predicted molar refractivity (Wildman–Crippen MR) is 161 cm³/mol. The number of Topliss-reactive ketones (excluding diaryl/α,β-unsaturated/α-hetero) is 1. The number of hydrogen-bond donors (Lipinski definition) is 0. The van der Waals surface area contributed by atoms with Crippen molar-refractivity contribution < 1.29 is 14.3 Å². The fraction of sp³-hybridized carbons (Fsp3) is 0.639. The van der Waals surface area contributed by atoms with Crippen molar-refractivity contribution in [2.45, 2.75) is 96.9 Å². The van der Waals surface area contributed by atoms with E-state index in [-0.39, 0.29) is 17.3 Å². The molecule has 4 nitrogen and oxygen atoms in total. The molecule has 1 aromatic carbocycles. The number of carbonyl (C=O) groups is 2. The Kier molecular flexibility index (Phi) is 7.20. The molecular formula is C36H47NO3. The molecule has 4 fully saturated rings. The number of ether oxygens (including phenoxy) is 1. The molecule has 4 saturated carbocycles. The van der Waals surface area contributed by atoms with Gasteiger partial charge in [-0.2, -0.15) is 0 Å². The zero-order valence-electron chi connectivity index (χ0n) is 24.9. The van der Waals surface area contributed by atoms with Crippen LogP contribution in [0, 0.1) is 40.4 Å². The van der Waals surface area contributed by atoms with Crippen molar-refractivity contribution in [3.63, 3.8) is 0 Å². The summed E-state index contributed by atoms with van der Waals surface area (Å²) in [6, 6.07) is 8.13.